The van der Waals surface area contributed by atoms with Crippen LogP contribution in [0.4, 0.5) is 0 Å². The zero-order valence-corrected chi connectivity index (χ0v) is 13.2. The number of rotatable bonds is 4. The van der Waals surface area contributed by atoms with Crippen molar-refractivity contribution in [3.63, 3.8) is 0 Å². The lowest BCUT2D eigenvalue weighted by Crippen LogP contribution is -2.53. The van der Waals surface area contributed by atoms with Gasteiger partial charge in [-0.3, -0.25) is 4.79 Å². The number of hydrogen-bond acceptors (Lipinski definition) is 2. The maximum atomic E-state index is 12.3. The lowest BCUT2D eigenvalue weighted by atomic mass is 9.94. The Kier molecular flexibility index (Phi) is 3.63. The van der Waals surface area contributed by atoms with Crippen molar-refractivity contribution in [2.75, 3.05) is 6.54 Å². The highest BCUT2D eigenvalue weighted by atomic mass is 79.9. The zero-order chi connectivity index (χ0) is 14.2. The van der Waals surface area contributed by atoms with Crippen LogP contribution in [-0.2, 0) is 10.2 Å². The predicted molar refractivity (Wildman–Crippen MR) is 83.5 cm³/mol. The van der Waals surface area contributed by atoms with Gasteiger partial charge in [0.05, 0.1) is 5.54 Å². The number of carbonyl (C=O) groups excluding carboxylic acids is 1. The van der Waals surface area contributed by atoms with E-state index >= 15 is 0 Å². The van der Waals surface area contributed by atoms with Gasteiger partial charge < -0.3 is 11.1 Å². The van der Waals surface area contributed by atoms with Crippen molar-refractivity contribution in [1.29, 1.82) is 0 Å². The monoisotopic (exact) mass is 336 g/mol. The van der Waals surface area contributed by atoms with Crippen LogP contribution in [0.2, 0.25) is 0 Å². The second kappa shape index (κ2) is 5.15. The normalized spacial score (nSPS) is 22.5. The van der Waals surface area contributed by atoms with Crippen molar-refractivity contribution in [1.82, 2.24) is 5.32 Å². The SMILES string of the molecule is NC1(C(=O)NCC2(c3ccccc3Br)CC2)CCCC1. The fraction of sp³-hybridized carbons (Fsp3) is 0.562. The standard InChI is InChI=1S/C16H21BrN2O/c17-13-6-2-1-5-12(13)15(9-10-15)11-19-14(20)16(18)7-3-4-8-16/h1-2,5-6H,3-4,7-11,18H2,(H,19,20). The quantitative estimate of drug-likeness (QED) is 0.888. The van der Waals surface area contributed by atoms with Gasteiger partial charge in [0, 0.05) is 16.4 Å². The van der Waals surface area contributed by atoms with Crippen molar-refractivity contribution < 1.29 is 4.79 Å². The Balaban J connectivity index is 1.67. The molecule has 3 rings (SSSR count). The molecule has 0 unspecified atom stereocenters. The van der Waals surface area contributed by atoms with Crippen LogP contribution in [0.25, 0.3) is 0 Å². The highest BCUT2D eigenvalue weighted by Crippen LogP contribution is 2.50. The van der Waals surface area contributed by atoms with E-state index in [9.17, 15) is 4.79 Å². The fourth-order valence-electron chi connectivity index (χ4n) is 3.24. The number of nitrogens with two attached hydrogens (primary N) is 1. The van der Waals surface area contributed by atoms with Crippen LogP contribution in [0.15, 0.2) is 28.7 Å². The molecule has 0 atom stereocenters. The van der Waals surface area contributed by atoms with Gasteiger partial charge in [0.2, 0.25) is 5.91 Å². The molecule has 2 saturated carbocycles. The van der Waals surface area contributed by atoms with Crippen molar-refractivity contribution in [2.24, 2.45) is 5.73 Å². The maximum absolute atomic E-state index is 12.3. The molecule has 3 N–H and O–H groups in total. The third kappa shape index (κ3) is 2.51. The number of halogens is 1. The molecular formula is C16H21BrN2O. The molecule has 3 nitrogen and oxygen atoms in total. The number of benzene rings is 1. The van der Waals surface area contributed by atoms with E-state index in [2.05, 4.69) is 39.4 Å². The molecule has 0 radical (unpaired) electrons. The molecule has 20 heavy (non-hydrogen) atoms. The summed E-state index contributed by atoms with van der Waals surface area (Å²) in [4.78, 5) is 12.3. The lowest BCUT2D eigenvalue weighted by Gasteiger charge is -2.25. The van der Waals surface area contributed by atoms with E-state index in [1.54, 1.807) is 0 Å². The molecule has 1 aromatic carbocycles. The molecule has 2 aliphatic rings. The molecule has 4 heteroatoms. The maximum Gasteiger partial charge on any atom is 0.240 e. The number of carbonyl (C=O) groups is 1. The minimum atomic E-state index is -0.621. The van der Waals surface area contributed by atoms with Crippen LogP contribution in [0.1, 0.15) is 44.1 Å². The van der Waals surface area contributed by atoms with E-state index < -0.39 is 5.54 Å². The Morgan fingerprint density at radius 1 is 1.20 bits per heavy atom. The number of amides is 1. The second-order valence-corrected chi connectivity index (χ2v) is 7.16. The van der Waals surface area contributed by atoms with Crippen molar-refractivity contribution in [2.45, 2.75) is 49.5 Å². The zero-order valence-electron chi connectivity index (χ0n) is 11.6. The third-order valence-electron chi connectivity index (χ3n) is 4.83. The van der Waals surface area contributed by atoms with Crippen molar-refractivity contribution >= 4 is 21.8 Å². The highest BCUT2D eigenvalue weighted by Gasteiger charge is 2.46. The van der Waals surface area contributed by atoms with E-state index in [1.165, 1.54) is 5.56 Å². The average Bonchev–Trinajstić information content (AvgIpc) is 3.10. The molecule has 0 aromatic heterocycles. The third-order valence-corrected chi connectivity index (χ3v) is 5.53. The minimum Gasteiger partial charge on any atom is -0.354 e. The molecule has 2 aliphatic carbocycles. The van der Waals surface area contributed by atoms with Gasteiger partial charge in [-0.05, 0) is 37.3 Å². The molecule has 0 aliphatic heterocycles. The first-order valence-electron chi connectivity index (χ1n) is 7.38. The summed E-state index contributed by atoms with van der Waals surface area (Å²) < 4.78 is 1.13. The van der Waals surface area contributed by atoms with E-state index in [-0.39, 0.29) is 11.3 Å². The molecule has 0 saturated heterocycles. The molecule has 1 aromatic rings. The van der Waals surface area contributed by atoms with Crippen LogP contribution in [0, 0.1) is 0 Å². The number of nitrogens with one attached hydrogen (secondary N) is 1. The molecule has 0 heterocycles. The van der Waals surface area contributed by atoms with Crippen LogP contribution >= 0.6 is 15.9 Å². The smallest absolute Gasteiger partial charge is 0.240 e. The van der Waals surface area contributed by atoms with Crippen molar-refractivity contribution in [3.05, 3.63) is 34.3 Å². The molecule has 0 spiro atoms. The fourth-order valence-corrected chi connectivity index (χ4v) is 3.95. The summed E-state index contributed by atoms with van der Waals surface area (Å²) in [5.41, 5.74) is 7.00. The van der Waals surface area contributed by atoms with Crippen LogP contribution in [0.3, 0.4) is 0 Å². The molecule has 1 amide bonds. The summed E-state index contributed by atoms with van der Waals surface area (Å²) in [6.45, 7) is 0.702. The van der Waals surface area contributed by atoms with E-state index in [1.807, 2.05) is 6.07 Å². The predicted octanol–water partition coefficient (Wildman–Crippen LogP) is 2.87. The minimum absolute atomic E-state index is 0.0355. The summed E-state index contributed by atoms with van der Waals surface area (Å²) in [5.74, 6) is 0.0355. The summed E-state index contributed by atoms with van der Waals surface area (Å²) in [5, 5.41) is 3.11. The Hall–Kier alpha value is -0.870. The van der Waals surface area contributed by atoms with Gasteiger partial charge in [-0.25, -0.2) is 0 Å². The first-order chi connectivity index (χ1) is 9.56. The van der Waals surface area contributed by atoms with Gasteiger partial charge in [-0.1, -0.05) is 47.0 Å². The summed E-state index contributed by atoms with van der Waals surface area (Å²) >= 11 is 3.62. The second-order valence-electron chi connectivity index (χ2n) is 6.31. The summed E-state index contributed by atoms with van der Waals surface area (Å²) in [7, 11) is 0. The van der Waals surface area contributed by atoms with Crippen LogP contribution in [-0.4, -0.2) is 18.0 Å². The largest absolute Gasteiger partial charge is 0.354 e. The first kappa shape index (κ1) is 14.1. The Morgan fingerprint density at radius 3 is 2.45 bits per heavy atom. The lowest BCUT2D eigenvalue weighted by molar-refractivity contribution is -0.126. The van der Waals surface area contributed by atoms with E-state index in [4.69, 9.17) is 5.73 Å². The van der Waals surface area contributed by atoms with E-state index in [0.29, 0.717) is 6.54 Å². The van der Waals surface area contributed by atoms with Gasteiger partial charge in [0.15, 0.2) is 0 Å². The van der Waals surface area contributed by atoms with Gasteiger partial charge in [0.25, 0.3) is 0 Å². The summed E-state index contributed by atoms with van der Waals surface area (Å²) in [6.07, 6.45) is 6.04. The van der Waals surface area contributed by atoms with Gasteiger partial charge in [-0.2, -0.15) is 0 Å². The number of hydrogen-bond donors (Lipinski definition) is 2. The molecule has 108 valence electrons. The Morgan fingerprint density at radius 2 is 1.85 bits per heavy atom. The Labute approximate surface area is 128 Å². The van der Waals surface area contributed by atoms with Gasteiger partial charge >= 0.3 is 0 Å². The van der Waals surface area contributed by atoms with E-state index in [0.717, 1.165) is 43.0 Å². The van der Waals surface area contributed by atoms with Gasteiger partial charge in [0.1, 0.15) is 0 Å². The molecule has 0 bridgehead atoms. The molecular weight excluding hydrogens is 316 g/mol. The Bertz CT molecular complexity index is 519. The summed E-state index contributed by atoms with van der Waals surface area (Å²) in [6, 6.07) is 8.30. The highest BCUT2D eigenvalue weighted by molar-refractivity contribution is 9.10. The van der Waals surface area contributed by atoms with Crippen LogP contribution in [0.5, 0.6) is 0 Å². The van der Waals surface area contributed by atoms with Crippen molar-refractivity contribution in [3.8, 4) is 0 Å². The average molecular weight is 337 g/mol. The topological polar surface area (TPSA) is 55.1 Å². The first-order valence-corrected chi connectivity index (χ1v) is 8.17. The van der Waals surface area contributed by atoms with Gasteiger partial charge in [-0.15, -0.1) is 0 Å². The van der Waals surface area contributed by atoms with Crippen LogP contribution < -0.4 is 11.1 Å². The molecule has 2 fully saturated rings.